The fraction of sp³-hybridized carbons (Fsp3) is 0.294. The second kappa shape index (κ2) is 6.47. The molecule has 0 atom stereocenters. The van der Waals surface area contributed by atoms with E-state index in [9.17, 15) is 9.59 Å². The van der Waals surface area contributed by atoms with Crippen LogP contribution in [0.2, 0.25) is 0 Å². The Morgan fingerprint density at radius 2 is 1.68 bits per heavy atom. The van der Waals surface area contributed by atoms with E-state index in [1.165, 1.54) is 0 Å². The Kier molecular flexibility index (Phi) is 4.65. The molecule has 0 aliphatic carbocycles. The minimum atomic E-state index is -0.547. The normalized spacial score (nSPS) is 10.4. The van der Waals surface area contributed by atoms with Crippen molar-refractivity contribution in [3.05, 3.63) is 52.5 Å². The molecule has 0 aliphatic rings. The Morgan fingerprint density at radius 3 is 2.18 bits per heavy atom. The number of ether oxygens (including phenoxy) is 2. The van der Waals surface area contributed by atoms with Crippen LogP contribution in [0.4, 0.5) is 0 Å². The molecule has 0 amide bonds. The maximum Gasteiger partial charge on any atom is 0.342 e. The molecule has 1 aromatic carbocycles. The van der Waals surface area contributed by atoms with Crippen LogP contribution in [-0.4, -0.2) is 25.5 Å². The molecule has 5 heteroatoms. The van der Waals surface area contributed by atoms with E-state index in [-0.39, 0.29) is 12.4 Å². The molecule has 1 aromatic heterocycles. The molecule has 0 bridgehead atoms. The molecule has 1 heterocycles. The average Bonchev–Trinajstić information content (AvgIpc) is 2.77. The summed E-state index contributed by atoms with van der Waals surface area (Å²) in [6.07, 6.45) is 0. The summed E-state index contributed by atoms with van der Waals surface area (Å²) in [6, 6.07) is 6.63. The predicted molar refractivity (Wildman–Crippen MR) is 80.5 cm³/mol. The van der Waals surface area contributed by atoms with Gasteiger partial charge in [0.25, 0.3) is 0 Å². The zero-order chi connectivity index (χ0) is 16.3. The lowest BCUT2D eigenvalue weighted by atomic mass is 10.1. The number of Topliss-reactive ketones (excluding diaryl/α,β-unsaturated/α-hetero) is 1. The van der Waals surface area contributed by atoms with E-state index >= 15 is 0 Å². The second-order valence-corrected chi connectivity index (χ2v) is 4.94. The Morgan fingerprint density at radius 1 is 1.05 bits per heavy atom. The lowest BCUT2D eigenvalue weighted by Crippen LogP contribution is -2.15. The van der Waals surface area contributed by atoms with Gasteiger partial charge < -0.3 is 13.9 Å². The number of carbonyl (C=O) groups excluding carboxylic acids is 2. The molecular formula is C17H18O5. The van der Waals surface area contributed by atoms with E-state index in [2.05, 4.69) is 0 Å². The Hall–Kier alpha value is -2.56. The summed E-state index contributed by atoms with van der Waals surface area (Å²) < 4.78 is 15.5. The first-order valence-corrected chi connectivity index (χ1v) is 6.85. The monoisotopic (exact) mass is 302 g/mol. The number of furan rings is 1. The molecule has 0 saturated carbocycles. The maximum absolute atomic E-state index is 12.1. The molecule has 0 fully saturated rings. The van der Waals surface area contributed by atoms with Gasteiger partial charge in [-0.1, -0.05) is 0 Å². The largest absolute Gasteiger partial charge is 0.497 e. The summed E-state index contributed by atoms with van der Waals surface area (Å²) in [5, 5.41) is 0. The number of esters is 1. The molecule has 0 saturated heterocycles. The molecule has 2 rings (SSSR count). The zero-order valence-corrected chi connectivity index (χ0v) is 13.1. The van der Waals surface area contributed by atoms with E-state index in [4.69, 9.17) is 13.9 Å². The van der Waals surface area contributed by atoms with Gasteiger partial charge in [-0.2, -0.15) is 0 Å². The maximum atomic E-state index is 12.1. The van der Waals surface area contributed by atoms with Gasteiger partial charge in [0.05, 0.1) is 7.11 Å². The summed E-state index contributed by atoms with van der Waals surface area (Å²) in [4.78, 5) is 24.1. The highest BCUT2D eigenvalue weighted by Gasteiger charge is 2.21. The summed E-state index contributed by atoms with van der Waals surface area (Å²) >= 11 is 0. The predicted octanol–water partition coefficient (Wildman–Crippen LogP) is 3.25. The van der Waals surface area contributed by atoms with E-state index in [0.717, 1.165) is 5.56 Å². The smallest absolute Gasteiger partial charge is 0.342 e. The lowest BCUT2D eigenvalue weighted by Gasteiger charge is -2.05. The van der Waals surface area contributed by atoms with Crippen molar-refractivity contribution < 1.29 is 23.5 Å². The van der Waals surface area contributed by atoms with Gasteiger partial charge in [-0.15, -0.1) is 0 Å². The average molecular weight is 302 g/mol. The van der Waals surface area contributed by atoms with Crippen molar-refractivity contribution in [3.8, 4) is 5.75 Å². The van der Waals surface area contributed by atoms with Crippen molar-refractivity contribution in [2.45, 2.75) is 20.8 Å². The number of hydrogen-bond donors (Lipinski definition) is 0. The van der Waals surface area contributed by atoms with Gasteiger partial charge >= 0.3 is 5.97 Å². The molecule has 0 radical (unpaired) electrons. The number of hydrogen-bond acceptors (Lipinski definition) is 5. The van der Waals surface area contributed by atoms with Crippen molar-refractivity contribution in [3.63, 3.8) is 0 Å². The number of methoxy groups -OCH3 is 1. The molecule has 5 nitrogen and oxygen atoms in total. The van der Waals surface area contributed by atoms with Crippen LogP contribution < -0.4 is 4.74 Å². The SMILES string of the molecule is COc1ccc(C(=O)COC(=O)c2c(C)oc(C)c2C)cc1. The van der Waals surface area contributed by atoms with Crippen LogP contribution in [-0.2, 0) is 4.74 Å². The van der Waals surface area contributed by atoms with Gasteiger partial charge in [0.15, 0.2) is 12.4 Å². The third-order valence-electron chi connectivity index (χ3n) is 3.51. The topological polar surface area (TPSA) is 65.7 Å². The Labute approximate surface area is 128 Å². The third kappa shape index (κ3) is 3.19. The fourth-order valence-corrected chi connectivity index (χ4v) is 2.16. The standard InChI is InChI=1S/C17H18O5/c1-10-11(2)22-12(3)16(10)17(19)21-9-15(18)13-5-7-14(20-4)8-6-13/h5-8H,9H2,1-4H3. The molecule has 0 aliphatic heterocycles. The lowest BCUT2D eigenvalue weighted by molar-refractivity contribution is 0.0472. The van der Waals surface area contributed by atoms with Crippen LogP contribution in [0.3, 0.4) is 0 Å². The van der Waals surface area contributed by atoms with Crippen LogP contribution in [0.1, 0.15) is 37.8 Å². The molecule has 22 heavy (non-hydrogen) atoms. The number of aryl methyl sites for hydroxylation is 2. The van der Waals surface area contributed by atoms with Gasteiger partial charge in [0.2, 0.25) is 0 Å². The van der Waals surface area contributed by atoms with Crippen LogP contribution in [0.15, 0.2) is 28.7 Å². The van der Waals surface area contributed by atoms with Gasteiger partial charge in [-0.25, -0.2) is 4.79 Å². The van der Waals surface area contributed by atoms with Crippen LogP contribution in [0.25, 0.3) is 0 Å². The first-order valence-electron chi connectivity index (χ1n) is 6.85. The van der Waals surface area contributed by atoms with E-state index in [0.29, 0.717) is 28.4 Å². The molecular weight excluding hydrogens is 284 g/mol. The summed E-state index contributed by atoms with van der Waals surface area (Å²) in [5.74, 6) is 1.01. The van der Waals surface area contributed by atoms with Crippen LogP contribution in [0, 0.1) is 20.8 Å². The van der Waals surface area contributed by atoms with Gasteiger partial charge in [0, 0.05) is 11.1 Å². The summed E-state index contributed by atoms with van der Waals surface area (Å²) in [5.41, 5.74) is 1.59. The number of rotatable bonds is 5. The Balaban J connectivity index is 2.02. The zero-order valence-electron chi connectivity index (χ0n) is 13.1. The van der Waals surface area contributed by atoms with E-state index in [1.807, 2.05) is 0 Å². The molecule has 0 unspecified atom stereocenters. The quantitative estimate of drug-likeness (QED) is 0.626. The van der Waals surface area contributed by atoms with Crippen molar-refractivity contribution >= 4 is 11.8 Å². The first-order chi connectivity index (χ1) is 10.4. The van der Waals surface area contributed by atoms with Gasteiger partial charge in [-0.3, -0.25) is 4.79 Å². The van der Waals surface area contributed by atoms with E-state index < -0.39 is 5.97 Å². The van der Waals surface area contributed by atoms with Crippen molar-refractivity contribution in [2.24, 2.45) is 0 Å². The van der Waals surface area contributed by atoms with Crippen molar-refractivity contribution in [2.75, 3.05) is 13.7 Å². The molecule has 0 spiro atoms. The highest BCUT2D eigenvalue weighted by atomic mass is 16.5. The minimum Gasteiger partial charge on any atom is -0.497 e. The highest BCUT2D eigenvalue weighted by Crippen LogP contribution is 2.21. The van der Waals surface area contributed by atoms with Gasteiger partial charge in [0.1, 0.15) is 22.8 Å². The number of ketones is 1. The van der Waals surface area contributed by atoms with Crippen molar-refractivity contribution in [1.29, 1.82) is 0 Å². The first kappa shape index (κ1) is 15.8. The minimum absolute atomic E-state index is 0.272. The second-order valence-electron chi connectivity index (χ2n) is 4.94. The molecule has 2 aromatic rings. The summed E-state index contributed by atoms with van der Waals surface area (Å²) in [6.45, 7) is 4.95. The highest BCUT2D eigenvalue weighted by molar-refractivity contribution is 6.00. The van der Waals surface area contributed by atoms with Crippen molar-refractivity contribution in [1.82, 2.24) is 0 Å². The van der Waals surface area contributed by atoms with Crippen LogP contribution >= 0.6 is 0 Å². The number of carbonyl (C=O) groups is 2. The molecule has 0 N–H and O–H groups in total. The number of benzene rings is 1. The van der Waals surface area contributed by atoms with Crippen LogP contribution in [0.5, 0.6) is 5.75 Å². The summed E-state index contributed by atoms with van der Waals surface area (Å²) in [7, 11) is 1.55. The van der Waals surface area contributed by atoms with E-state index in [1.54, 1.807) is 52.1 Å². The Bertz CT molecular complexity index is 695. The fourth-order valence-electron chi connectivity index (χ4n) is 2.16. The van der Waals surface area contributed by atoms with Gasteiger partial charge in [-0.05, 0) is 45.0 Å². The third-order valence-corrected chi connectivity index (χ3v) is 3.51. The molecule has 116 valence electrons.